The zero-order valence-electron chi connectivity index (χ0n) is 7.83. The van der Waals surface area contributed by atoms with Gasteiger partial charge in [0.1, 0.15) is 6.61 Å². The Bertz CT molecular complexity index is 221. The number of carbonyl (C=O) groups is 3. The van der Waals surface area contributed by atoms with Crippen LogP contribution in [0.3, 0.4) is 0 Å². The van der Waals surface area contributed by atoms with Crippen molar-refractivity contribution in [3.8, 4) is 0 Å². The molecule has 0 aromatic heterocycles. The molecule has 0 rings (SSSR count). The fourth-order valence-electron chi connectivity index (χ4n) is 0.553. The predicted octanol–water partition coefficient (Wildman–Crippen LogP) is 0.275. The summed E-state index contributed by atoms with van der Waals surface area (Å²) in [6.45, 7) is 3.81. The summed E-state index contributed by atoms with van der Waals surface area (Å²) in [4.78, 5) is 31.6. The summed E-state index contributed by atoms with van der Waals surface area (Å²) in [6, 6.07) is 0. The average molecular weight is 188 g/mol. The normalized spacial score (nSPS) is 11.6. The monoisotopic (exact) mass is 188 g/mol. The molecule has 0 aromatic carbocycles. The Morgan fingerprint density at radius 2 is 1.69 bits per heavy atom. The summed E-state index contributed by atoms with van der Waals surface area (Å²) in [5, 5.41) is 0. The number of carbonyl (C=O) groups excluding carboxylic acids is 3. The van der Waals surface area contributed by atoms with Crippen LogP contribution in [0.1, 0.15) is 20.8 Å². The van der Waals surface area contributed by atoms with Crippen molar-refractivity contribution in [3.05, 3.63) is 0 Å². The first-order valence-corrected chi connectivity index (χ1v) is 3.79. The van der Waals surface area contributed by atoms with Crippen molar-refractivity contribution in [2.24, 2.45) is 5.92 Å². The van der Waals surface area contributed by atoms with Gasteiger partial charge < -0.3 is 9.47 Å². The van der Waals surface area contributed by atoms with E-state index in [1.165, 1.54) is 13.8 Å². The Morgan fingerprint density at radius 1 is 1.15 bits per heavy atom. The molecule has 13 heavy (non-hydrogen) atoms. The first kappa shape index (κ1) is 11.6. The Kier molecular flexibility index (Phi) is 4.72. The fourth-order valence-corrected chi connectivity index (χ4v) is 0.553. The molecule has 0 aliphatic rings. The fraction of sp³-hybridized carbons (Fsp3) is 0.625. The van der Waals surface area contributed by atoms with Crippen molar-refractivity contribution in [1.29, 1.82) is 0 Å². The van der Waals surface area contributed by atoms with Crippen LogP contribution < -0.4 is 0 Å². The Balaban J connectivity index is 3.82. The summed E-state index contributed by atoms with van der Waals surface area (Å²) in [5.41, 5.74) is 0. The largest absolute Gasteiger partial charge is 0.465 e. The maximum absolute atomic E-state index is 10.9. The van der Waals surface area contributed by atoms with Crippen LogP contribution in [-0.4, -0.2) is 24.5 Å². The van der Waals surface area contributed by atoms with Crippen LogP contribution in [0.15, 0.2) is 0 Å². The number of hydrogen-bond acceptors (Lipinski definition) is 5. The van der Waals surface area contributed by atoms with Gasteiger partial charge in [0.25, 0.3) is 0 Å². The van der Waals surface area contributed by atoms with Crippen LogP contribution in [0.4, 0.5) is 0 Å². The van der Waals surface area contributed by atoms with Crippen LogP contribution in [0.5, 0.6) is 0 Å². The summed E-state index contributed by atoms with van der Waals surface area (Å²) < 4.78 is 8.83. The molecule has 5 heteroatoms. The summed E-state index contributed by atoms with van der Waals surface area (Å²) in [7, 11) is 0. The van der Waals surface area contributed by atoms with Crippen LogP contribution >= 0.6 is 0 Å². The molecule has 0 spiro atoms. The van der Waals surface area contributed by atoms with Gasteiger partial charge in [0, 0.05) is 13.8 Å². The molecule has 0 aliphatic heterocycles. The van der Waals surface area contributed by atoms with E-state index in [4.69, 9.17) is 0 Å². The standard InChI is InChI=1S/C8H12O5/c1-5(4-12-6(2)9)8(11)13-7(3)10/h5H,4H2,1-3H3. The molecule has 0 heterocycles. The van der Waals surface area contributed by atoms with E-state index in [1.807, 2.05) is 0 Å². The van der Waals surface area contributed by atoms with Crippen LogP contribution in [-0.2, 0) is 23.9 Å². The molecule has 0 bridgehead atoms. The van der Waals surface area contributed by atoms with Crippen molar-refractivity contribution < 1.29 is 23.9 Å². The van der Waals surface area contributed by atoms with Crippen LogP contribution in [0.2, 0.25) is 0 Å². The van der Waals surface area contributed by atoms with Gasteiger partial charge >= 0.3 is 17.9 Å². The van der Waals surface area contributed by atoms with Gasteiger partial charge in [-0.3, -0.25) is 14.4 Å². The third kappa shape index (κ3) is 5.84. The highest BCUT2D eigenvalue weighted by Crippen LogP contribution is 1.99. The van der Waals surface area contributed by atoms with Crippen molar-refractivity contribution in [3.63, 3.8) is 0 Å². The van der Waals surface area contributed by atoms with E-state index in [0.29, 0.717) is 0 Å². The molecule has 1 unspecified atom stereocenters. The highest BCUT2D eigenvalue weighted by Gasteiger charge is 2.17. The minimum atomic E-state index is -0.686. The Morgan fingerprint density at radius 3 is 2.08 bits per heavy atom. The number of rotatable bonds is 3. The van der Waals surface area contributed by atoms with Crippen LogP contribution in [0.25, 0.3) is 0 Å². The first-order chi connectivity index (χ1) is 5.93. The Hall–Kier alpha value is -1.39. The van der Waals surface area contributed by atoms with Gasteiger partial charge in [-0.25, -0.2) is 0 Å². The molecule has 1 atom stereocenters. The molecular formula is C8H12O5. The minimum Gasteiger partial charge on any atom is -0.465 e. The molecule has 0 saturated heterocycles. The molecule has 0 radical (unpaired) electrons. The van der Waals surface area contributed by atoms with Crippen molar-refractivity contribution in [2.45, 2.75) is 20.8 Å². The SMILES string of the molecule is CC(=O)OCC(C)C(=O)OC(C)=O. The summed E-state index contributed by atoms with van der Waals surface area (Å²) >= 11 is 0. The van der Waals surface area contributed by atoms with Gasteiger partial charge in [-0.1, -0.05) is 0 Å². The minimum absolute atomic E-state index is 0.0680. The highest BCUT2D eigenvalue weighted by atomic mass is 16.6. The zero-order valence-corrected chi connectivity index (χ0v) is 7.83. The molecule has 0 aliphatic carbocycles. The highest BCUT2D eigenvalue weighted by molar-refractivity contribution is 5.85. The smallest absolute Gasteiger partial charge is 0.319 e. The van der Waals surface area contributed by atoms with E-state index in [1.54, 1.807) is 0 Å². The third-order valence-electron chi connectivity index (χ3n) is 1.18. The van der Waals surface area contributed by atoms with Crippen molar-refractivity contribution in [1.82, 2.24) is 0 Å². The lowest BCUT2D eigenvalue weighted by Crippen LogP contribution is -2.22. The molecular weight excluding hydrogens is 176 g/mol. The summed E-state index contributed by atoms with van der Waals surface area (Å²) in [6.07, 6.45) is 0. The zero-order chi connectivity index (χ0) is 10.4. The molecule has 74 valence electrons. The van der Waals surface area contributed by atoms with E-state index in [-0.39, 0.29) is 6.61 Å². The lowest BCUT2D eigenvalue weighted by Gasteiger charge is -2.08. The maximum Gasteiger partial charge on any atom is 0.319 e. The second-order valence-corrected chi connectivity index (χ2v) is 2.62. The molecule has 0 saturated carbocycles. The quantitative estimate of drug-likeness (QED) is 0.469. The predicted molar refractivity (Wildman–Crippen MR) is 42.6 cm³/mol. The van der Waals surface area contributed by atoms with Gasteiger partial charge in [-0.15, -0.1) is 0 Å². The third-order valence-corrected chi connectivity index (χ3v) is 1.18. The maximum atomic E-state index is 10.9. The summed E-state index contributed by atoms with van der Waals surface area (Å²) in [5.74, 6) is -2.44. The van der Waals surface area contributed by atoms with E-state index >= 15 is 0 Å². The van der Waals surface area contributed by atoms with E-state index in [9.17, 15) is 14.4 Å². The van der Waals surface area contributed by atoms with Gasteiger partial charge in [0.15, 0.2) is 0 Å². The van der Waals surface area contributed by atoms with E-state index in [0.717, 1.165) is 6.92 Å². The topological polar surface area (TPSA) is 69.7 Å². The average Bonchev–Trinajstić information content (AvgIpc) is 1.98. The van der Waals surface area contributed by atoms with E-state index in [2.05, 4.69) is 9.47 Å². The van der Waals surface area contributed by atoms with Crippen molar-refractivity contribution >= 4 is 17.9 Å². The second-order valence-electron chi connectivity index (χ2n) is 2.62. The number of esters is 3. The number of hydrogen-bond donors (Lipinski definition) is 0. The Labute approximate surface area is 76.0 Å². The molecule has 0 aromatic rings. The van der Waals surface area contributed by atoms with Gasteiger partial charge in [0.05, 0.1) is 5.92 Å². The molecule has 5 nitrogen and oxygen atoms in total. The van der Waals surface area contributed by atoms with Gasteiger partial charge in [-0.05, 0) is 6.92 Å². The van der Waals surface area contributed by atoms with Gasteiger partial charge in [-0.2, -0.15) is 0 Å². The van der Waals surface area contributed by atoms with Crippen LogP contribution in [0, 0.1) is 5.92 Å². The van der Waals surface area contributed by atoms with E-state index < -0.39 is 23.8 Å². The van der Waals surface area contributed by atoms with Gasteiger partial charge in [0.2, 0.25) is 0 Å². The number of ether oxygens (including phenoxy) is 2. The van der Waals surface area contributed by atoms with Crippen molar-refractivity contribution in [2.75, 3.05) is 6.61 Å². The lowest BCUT2D eigenvalue weighted by atomic mass is 10.2. The first-order valence-electron chi connectivity index (χ1n) is 3.79. The molecule has 0 fully saturated rings. The molecule has 0 amide bonds. The second kappa shape index (κ2) is 5.29. The lowest BCUT2D eigenvalue weighted by molar-refractivity contribution is -0.162. The molecule has 0 N–H and O–H groups in total.